The van der Waals surface area contributed by atoms with Crippen LogP contribution in [0.25, 0.3) is 0 Å². The molecule has 13 heavy (non-hydrogen) atoms. The van der Waals surface area contributed by atoms with Gasteiger partial charge in [-0.2, -0.15) is 0 Å². The van der Waals surface area contributed by atoms with Gasteiger partial charge in [-0.05, 0) is 20.5 Å². The van der Waals surface area contributed by atoms with Gasteiger partial charge >= 0.3 is 0 Å². The molecule has 3 heteroatoms. The van der Waals surface area contributed by atoms with E-state index in [1.807, 2.05) is 39.3 Å². The highest BCUT2D eigenvalue weighted by molar-refractivity contribution is 4.93. The Hall–Kier alpha value is -0.700. The predicted octanol–water partition coefficient (Wildman–Crippen LogP) is 1.38. The molecule has 0 bridgehead atoms. The van der Waals surface area contributed by atoms with Gasteiger partial charge in [0.25, 0.3) is 0 Å². The van der Waals surface area contributed by atoms with Gasteiger partial charge in [0, 0.05) is 20.3 Å². The van der Waals surface area contributed by atoms with Gasteiger partial charge < -0.3 is 14.5 Å². The number of hydrogen-bond donors (Lipinski definition) is 0. The average Bonchev–Trinajstić information content (AvgIpc) is 1.98. The van der Waals surface area contributed by atoms with Crippen molar-refractivity contribution in [3.8, 4) is 0 Å². The molecule has 78 valence electrons. The van der Waals surface area contributed by atoms with E-state index in [9.17, 15) is 0 Å². The van der Waals surface area contributed by atoms with Crippen LogP contribution in [0.4, 0.5) is 0 Å². The Morgan fingerprint density at radius 2 is 1.85 bits per heavy atom. The van der Waals surface area contributed by atoms with Gasteiger partial charge in [-0.3, -0.25) is 0 Å². The van der Waals surface area contributed by atoms with Crippen molar-refractivity contribution in [2.75, 3.05) is 41.3 Å². The van der Waals surface area contributed by atoms with Gasteiger partial charge in [0.1, 0.15) is 5.76 Å². The molecule has 0 atom stereocenters. The largest absolute Gasteiger partial charge is 0.495 e. The third kappa shape index (κ3) is 7.65. The fraction of sp³-hybridized carbons (Fsp3) is 0.800. The van der Waals surface area contributed by atoms with Crippen molar-refractivity contribution in [3.63, 3.8) is 0 Å². The zero-order chi connectivity index (χ0) is 10.3. The van der Waals surface area contributed by atoms with E-state index in [2.05, 4.69) is 11.8 Å². The highest BCUT2D eigenvalue weighted by Gasteiger charge is 2.00. The molecule has 0 N–H and O–H groups in total. The molecule has 0 saturated heterocycles. The molecule has 0 unspecified atom stereocenters. The molecule has 0 aromatic carbocycles. The van der Waals surface area contributed by atoms with Crippen LogP contribution in [0.1, 0.15) is 13.3 Å². The maximum absolute atomic E-state index is 5.59. The van der Waals surface area contributed by atoms with E-state index >= 15 is 0 Å². The molecule has 0 fully saturated rings. The van der Waals surface area contributed by atoms with E-state index < -0.39 is 0 Å². The Bertz CT molecular complexity index is 153. The van der Waals surface area contributed by atoms with E-state index in [4.69, 9.17) is 4.74 Å². The fourth-order valence-electron chi connectivity index (χ4n) is 0.957. The summed E-state index contributed by atoms with van der Waals surface area (Å²) in [5.74, 6) is 1.02. The molecule has 0 saturated carbocycles. The Morgan fingerprint density at radius 1 is 1.23 bits per heavy atom. The number of ether oxygens (including phenoxy) is 1. The molecule has 0 amide bonds. The minimum Gasteiger partial charge on any atom is -0.495 e. The van der Waals surface area contributed by atoms with Crippen LogP contribution in [0.15, 0.2) is 12.0 Å². The molecule has 0 aliphatic carbocycles. The van der Waals surface area contributed by atoms with Gasteiger partial charge in [-0.25, -0.2) is 0 Å². The van der Waals surface area contributed by atoms with Crippen LogP contribution in [-0.4, -0.2) is 51.1 Å². The molecule has 0 aromatic heterocycles. The second-order valence-electron chi connectivity index (χ2n) is 3.65. The number of likely N-dealkylation sites (N-methyl/N-ethyl adjacent to an activating group) is 1. The summed E-state index contributed by atoms with van der Waals surface area (Å²) in [7, 11) is 8.09. The first-order valence-corrected chi connectivity index (χ1v) is 4.71. The molecular weight excluding hydrogens is 164 g/mol. The van der Waals surface area contributed by atoms with Gasteiger partial charge in [0.05, 0.1) is 13.2 Å². The van der Waals surface area contributed by atoms with Gasteiger partial charge in [-0.15, -0.1) is 0 Å². The fourth-order valence-corrected chi connectivity index (χ4v) is 0.957. The topological polar surface area (TPSA) is 15.7 Å². The van der Waals surface area contributed by atoms with Crippen LogP contribution in [-0.2, 0) is 4.74 Å². The molecule has 0 aliphatic heterocycles. The van der Waals surface area contributed by atoms with Gasteiger partial charge in [-0.1, -0.05) is 6.92 Å². The van der Waals surface area contributed by atoms with Crippen molar-refractivity contribution < 1.29 is 4.74 Å². The van der Waals surface area contributed by atoms with Gasteiger partial charge in [0.2, 0.25) is 0 Å². The lowest BCUT2D eigenvalue weighted by atomic mass is 10.4. The maximum atomic E-state index is 5.59. The van der Waals surface area contributed by atoms with Crippen molar-refractivity contribution in [3.05, 3.63) is 12.0 Å². The highest BCUT2D eigenvalue weighted by atomic mass is 16.5. The first-order valence-electron chi connectivity index (χ1n) is 4.71. The summed E-state index contributed by atoms with van der Waals surface area (Å²) in [4.78, 5) is 4.11. The van der Waals surface area contributed by atoms with Crippen LogP contribution in [0.2, 0.25) is 0 Å². The zero-order valence-electron chi connectivity index (χ0n) is 9.50. The SMILES string of the molecule is CCCOC(=CN(C)C)CN(C)C. The molecule has 0 spiro atoms. The van der Waals surface area contributed by atoms with Crippen molar-refractivity contribution in [2.24, 2.45) is 0 Å². The van der Waals surface area contributed by atoms with Crippen LogP contribution < -0.4 is 0 Å². The summed E-state index contributed by atoms with van der Waals surface area (Å²) in [5, 5.41) is 0. The second-order valence-corrected chi connectivity index (χ2v) is 3.65. The van der Waals surface area contributed by atoms with Crippen LogP contribution in [0.5, 0.6) is 0 Å². The number of rotatable bonds is 6. The number of nitrogens with zero attached hydrogens (tertiary/aromatic N) is 2. The standard InChI is InChI=1S/C10H22N2O/c1-6-7-13-10(8-11(2)3)9-12(4)5/h8H,6-7,9H2,1-5H3. The van der Waals surface area contributed by atoms with E-state index in [1.54, 1.807) is 0 Å². The smallest absolute Gasteiger partial charge is 0.126 e. The summed E-state index contributed by atoms with van der Waals surface area (Å²) >= 11 is 0. The third-order valence-electron chi connectivity index (χ3n) is 1.37. The van der Waals surface area contributed by atoms with Crippen molar-refractivity contribution in [1.82, 2.24) is 9.80 Å². The summed E-state index contributed by atoms with van der Waals surface area (Å²) in [6, 6.07) is 0. The van der Waals surface area contributed by atoms with Crippen molar-refractivity contribution in [2.45, 2.75) is 13.3 Å². The van der Waals surface area contributed by atoms with Crippen LogP contribution in [0.3, 0.4) is 0 Å². The van der Waals surface area contributed by atoms with Crippen molar-refractivity contribution >= 4 is 0 Å². The quantitative estimate of drug-likeness (QED) is 0.583. The Morgan fingerprint density at radius 3 is 2.23 bits per heavy atom. The number of hydrogen-bond acceptors (Lipinski definition) is 3. The molecule has 0 aliphatic rings. The Balaban J connectivity index is 4.02. The summed E-state index contributed by atoms with van der Waals surface area (Å²) in [6.07, 6.45) is 3.08. The average molecular weight is 186 g/mol. The van der Waals surface area contributed by atoms with Crippen molar-refractivity contribution in [1.29, 1.82) is 0 Å². The van der Waals surface area contributed by atoms with Gasteiger partial charge in [0.15, 0.2) is 0 Å². The minimum absolute atomic E-state index is 0.799. The maximum Gasteiger partial charge on any atom is 0.126 e. The molecule has 0 radical (unpaired) electrons. The third-order valence-corrected chi connectivity index (χ3v) is 1.37. The molecule has 0 heterocycles. The van der Waals surface area contributed by atoms with E-state index in [0.717, 1.165) is 25.3 Å². The first kappa shape index (κ1) is 12.3. The Kier molecular flexibility index (Phi) is 6.41. The highest BCUT2D eigenvalue weighted by Crippen LogP contribution is 2.00. The Labute approximate surface area is 82.0 Å². The lowest BCUT2D eigenvalue weighted by Crippen LogP contribution is -2.19. The monoisotopic (exact) mass is 186 g/mol. The minimum atomic E-state index is 0.799. The zero-order valence-corrected chi connectivity index (χ0v) is 9.50. The molecule has 3 nitrogen and oxygen atoms in total. The molecular formula is C10H22N2O. The second kappa shape index (κ2) is 6.78. The van der Waals surface area contributed by atoms with E-state index in [1.165, 1.54) is 0 Å². The van der Waals surface area contributed by atoms with E-state index in [0.29, 0.717) is 0 Å². The molecule has 0 aromatic rings. The van der Waals surface area contributed by atoms with Crippen LogP contribution in [0, 0.1) is 0 Å². The van der Waals surface area contributed by atoms with E-state index in [-0.39, 0.29) is 0 Å². The lowest BCUT2D eigenvalue weighted by molar-refractivity contribution is 0.181. The summed E-state index contributed by atoms with van der Waals surface area (Å²) in [6.45, 7) is 3.77. The normalized spacial score (nSPS) is 12.0. The summed E-state index contributed by atoms with van der Waals surface area (Å²) in [5.41, 5.74) is 0. The van der Waals surface area contributed by atoms with Crippen LogP contribution >= 0.6 is 0 Å². The predicted molar refractivity (Wildman–Crippen MR) is 56.6 cm³/mol. The molecule has 0 rings (SSSR count). The first-order chi connectivity index (χ1) is 6.06. The summed E-state index contributed by atoms with van der Waals surface area (Å²) < 4.78 is 5.59. The lowest BCUT2D eigenvalue weighted by Gasteiger charge is -2.16.